The third-order valence-electron chi connectivity index (χ3n) is 22.1. The van der Waals surface area contributed by atoms with Crippen LogP contribution in [-0.2, 0) is 56.8 Å². The maximum atomic E-state index is 12.0. The van der Waals surface area contributed by atoms with Crippen LogP contribution in [-0.4, -0.2) is 282 Å². The highest BCUT2D eigenvalue weighted by atomic mass is 16.8. The van der Waals surface area contributed by atoms with Crippen molar-refractivity contribution in [1.82, 2.24) is 0 Å². The van der Waals surface area contributed by atoms with E-state index >= 15 is 0 Å². The van der Waals surface area contributed by atoms with Crippen LogP contribution < -0.4 is 0 Å². The van der Waals surface area contributed by atoms with Gasteiger partial charge in [-0.1, -0.05) is 27.7 Å². The molecule has 0 aromatic heterocycles. The molecule has 11 aliphatic rings. The first kappa shape index (κ1) is 63.5. The lowest BCUT2D eigenvalue weighted by Gasteiger charge is -2.61. The van der Waals surface area contributed by atoms with Crippen molar-refractivity contribution >= 4 is 0 Å². The Morgan fingerprint density at radius 3 is 1.61 bits per heavy atom. The quantitative estimate of drug-likeness (QED) is 0.0730. The van der Waals surface area contributed by atoms with E-state index in [1.165, 1.54) is 0 Å². The van der Waals surface area contributed by atoms with E-state index in [2.05, 4.69) is 27.7 Å². The predicted molar refractivity (Wildman–Crippen MR) is 275 cm³/mol. The Hall–Kier alpha value is -1.08. The second kappa shape index (κ2) is 25.0. The summed E-state index contributed by atoms with van der Waals surface area (Å²) in [6.45, 7) is 6.19. The van der Waals surface area contributed by atoms with E-state index in [9.17, 15) is 76.6 Å². The second-order valence-corrected chi connectivity index (χ2v) is 26.7. The van der Waals surface area contributed by atoms with Crippen molar-refractivity contribution in [1.29, 1.82) is 0 Å². The molecule has 0 radical (unpaired) electrons. The molecule has 0 bridgehead atoms. The Labute approximate surface area is 481 Å². The fourth-order valence-electron chi connectivity index (χ4n) is 17.4. The molecule has 15 N–H and O–H groups in total. The fraction of sp³-hybridized carbons (Fsp3) is 1.00. The van der Waals surface area contributed by atoms with Crippen molar-refractivity contribution in [2.24, 2.45) is 52.3 Å². The van der Waals surface area contributed by atoms with Crippen LogP contribution in [0.4, 0.5) is 0 Å². The standard InChI is InChI=1S/C56H92O27/c1-21-7-12-56(73-19-21)22(2)34-29(83-56)14-27-25-6-5-23-13-24(8-10-54(23,3)26(25)9-11-55(27,34)4)74-50-43(70)39(66)46(33(18-60)77-50)80-53-48(82-51-42(69)38(65)36(63)30(15-57)75-51)47(37(64)31(16-58)76-53)81-52-44(71)40(67)45(32(17-59)78-52)79-49-41(68)35(62)28(61)20-72-49/h21-53,57-71H,5-20H2,1-4H3. The Bertz CT molecular complexity index is 2140. The molecule has 7 heterocycles. The van der Waals surface area contributed by atoms with Crippen LogP contribution >= 0.6 is 0 Å². The van der Waals surface area contributed by atoms with Crippen LogP contribution in [0.25, 0.3) is 0 Å². The molecular formula is C56H92O27. The van der Waals surface area contributed by atoms with Gasteiger partial charge < -0.3 is 133 Å². The fourth-order valence-corrected chi connectivity index (χ4v) is 17.4. The molecule has 36 unspecified atom stereocenters. The number of aliphatic hydroxyl groups is 15. The maximum absolute atomic E-state index is 12.0. The summed E-state index contributed by atoms with van der Waals surface area (Å²) in [6, 6.07) is 0. The van der Waals surface area contributed by atoms with Crippen LogP contribution in [0, 0.1) is 52.3 Å². The zero-order valence-electron chi connectivity index (χ0n) is 47.5. The number of hydrogen-bond donors (Lipinski definition) is 15. The molecule has 11 fully saturated rings. The smallest absolute Gasteiger partial charge is 0.187 e. The maximum Gasteiger partial charge on any atom is 0.187 e. The van der Waals surface area contributed by atoms with Crippen molar-refractivity contribution in [2.45, 2.75) is 257 Å². The van der Waals surface area contributed by atoms with E-state index < -0.39 is 186 Å². The van der Waals surface area contributed by atoms with E-state index in [-0.39, 0.29) is 23.0 Å². The van der Waals surface area contributed by atoms with Gasteiger partial charge in [-0.2, -0.15) is 0 Å². The van der Waals surface area contributed by atoms with Gasteiger partial charge in [0.25, 0.3) is 0 Å². The van der Waals surface area contributed by atoms with E-state index in [1.807, 2.05) is 0 Å². The van der Waals surface area contributed by atoms with Gasteiger partial charge in [0.2, 0.25) is 0 Å². The molecule has 4 aliphatic carbocycles. The summed E-state index contributed by atoms with van der Waals surface area (Å²) in [5.74, 6) is 2.84. The summed E-state index contributed by atoms with van der Waals surface area (Å²) in [5.41, 5.74) is 0.224. The number of ether oxygens (including phenoxy) is 12. The molecule has 83 heavy (non-hydrogen) atoms. The summed E-state index contributed by atoms with van der Waals surface area (Å²) in [7, 11) is 0. The number of hydrogen-bond acceptors (Lipinski definition) is 27. The van der Waals surface area contributed by atoms with Crippen LogP contribution in [0.15, 0.2) is 0 Å². The highest BCUT2D eigenvalue weighted by molar-refractivity contribution is 5.16. The van der Waals surface area contributed by atoms with Crippen molar-refractivity contribution in [3.63, 3.8) is 0 Å². The van der Waals surface area contributed by atoms with Gasteiger partial charge in [-0.25, -0.2) is 0 Å². The number of rotatable bonds is 14. The molecule has 27 heteroatoms. The molecule has 11 rings (SSSR count). The Morgan fingerprint density at radius 2 is 0.988 bits per heavy atom. The van der Waals surface area contributed by atoms with E-state index in [4.69, 9.17) is 56.8 Å². The summed E-state index contributed by atoms with van der Waals surface area (Å²) in [4.78, 5) is 0. The minimum atomic E-state index is -2.15. The Balaban J connectivity index is 0.772. The molecule has 1 spiro atoms. The highest BCUT2D eigenvalue weighted by Gasteiger charge is 2.70. The molecule has 0 amide bonds. The van der Waals surface area contributed by atoms with Gasteiger partial charge in [-0.05, 0) is 104 Å². The average Bonchev–Trinajstić information content (AvgIpc) is 2.54. The first-order valence-corrected chi connectivity index (χ1v) is 30.3. The normalized spacial score (nSPS) is 57.4. The van der Waals surface area contributed by atoms with Crippen molar-refractivity contribution < 1.29 is 133 Å². The molecule has 0 aromatic carbocycles. The minimum absolute atomic E-state index is 0.0518. The first-order chi connectivity index (χ1) is 39.5. The van der Waals surface area contributed by atoms with Crippen LogP contribution in [0.3, 0.4) is 0 Å². The summed E-state index contributed by atoms with van der Waals surface area (Å²) in [6.07, 6.45) is -34.3. The van der Waals surface area contributed by atoms with E-state index in [1.54, 1.807) is 0 Å². The lowest BCUT2D eigenvalue weighted by molar-refractivity contribution is -0.409. The second-order valence-electron chi connectivity index (χ2n) is 26.7. The van der Waals surface area contributed by atoms with Crippen LogP contribution in [0.2, 0.25) is 0 Å². The lowest BCUT2D eigenvalue weighted by Crippen LogP contribution is -2.69. The van der Waals surface area contributed by atoms with Gasteiger partial charge >= 0.3 is 0 Å². The molecule has 36 atom stereocenters. The zero-order valence-corrected chi connectivity index (χ0v) is 47.5. The van der Waals surface area contributed by atoms with Gasteiger partial charge in [-0.3, -0.25) is 0 Å². The first-order valence-electron chi connectivity index (χ1n) is 30.3. The molecule has 7 saturated heterocycles. The summed E-state index contributed by atoms with van der Waals surface area (Å²) in [5, 5.41) is 164. The van der Waals surface area contributed by atoms with Gasteiger partial charge in [0.15, 0.2) is 37.2 Å². The van der Waals surface area contributed by atoms with Gasteiger partial charge in [0.1, 0.15) is 116 Å². The zero-order chi connectivity index (χ0) is 59.4. The minimum Gasteiger partial charge on any atom is -0.394 e. The number of aliphatic hydroxyl groups excluding tert-OH is 15. The van der Waals surface area contributed by atoms with Gasteiger partial charge in [-0.15, -0.1) is 0 Å². The molecule has 0 aromatic rings. The highest BCUT2D eigenvalue weighted by Crippen LogP contribution is 2.71. The largest absolute Gasteiger partial charge is 0.394 e. The Morgan fingerprint density at radius 1 is 0.446 bits per heavy atom. The van der Waals surface area contributed by atoms with Gasteiger partial charge in [0.05, 0.1) is 51.8 Å². The summed E-state index contributed by atoms with van der Waals surface area (Å²) < 4.78 is 73.2. The molecular weight excluding hydrogens is 1100 g/mol. The van der Waals surface area contributed by atoms with E-state index in [0.29, 0.717) is 54.3 Å². The topological polar surface area (TPSA) is 414 Å². The third kappa shape index (κ3) is 11.2. The van der Waals surface area contributed by atoms with E-state index in [0.717, 1.165) is 58.0 Å². The lowest BCUT2D eigenvalue weighted by atomic mass is 9.44. The van der Waals surface area contributed by atoms with Crippen molar-refractivity contribution in [2.75, 3.05) is 39.6 Å². The van der Waals surface area contributed by atoms with Crippen LogP contribution in [0.5, 0.6) is 0 Å². The molecule has 4 saturated carbocycles. The van der Waals surface area contributed by atoms with Gasteiger partial charge in [0, 0.05) is 12.3 Å². The molecule has 27 nitrogen and oxygen atoms in total. The SMILES string of the molecule is CC1CCC2(OC1)OC1CC3C4CCC5CC(OC6OC(CO)C(OC7OC(CO)C(O)C(OC8OC(CO)C(OC9OCC(O)C(O)C9O)C(O)C8O)C7OC7OC(CO)C(O)C(O)C7O)C(O)C6O)CCC5(C)C4CCC3(C)C1C2C. The molecule has 478 valence electrons. The monoisotopic (exact) mass is 1200 g/mol. The molecule has 7 aliphatic heterocycles. The third-order valence-corrected chi connectivity index (χ3v) is 22.1. The van der Waals surface area contributed by atoms with Crippen molar-refractivity contribution in [3.8, 4) is 0 Å². The Kier molecular flexibility index (Phi) is 19.1. The number of fused-ring (bicyclic) bond motifs is 7. The predicted octanol–water partition coefficient (Wildman–Crippen LogP) is -4.45. The summed E-state index contributed by atoms with van der Waals surface area (Å²) >= 11 is 0. The van der Waals surface area contributed by atoms with Crippen molar-refractivity contribution in [3.05, 3.63) is 0 Å². The average molecular weight is 1200 g/mol. The van der Waals surface area contributed by atoms with Crippen LogP contribution in [0.1, 0.15) is 91.9 Å².